The Balaban J connectivity index is 2.64. The molecule has 1 fully saturated rings. The Labute approximate surface area is 88.0 Å². The fourth-order valence-electron chi connectivity index (χ4n) is 1.55. The maximum atomic E-state index is 11.6. The maximum Gasteiger partial charge on any atom is 0.325 e. The quantitative estimate of drug-likeness (QED) is 0.633. The van der Waals surface area contributed by atoms with E-state index < -0.39 is 17.6 Å². The van der Waals surface area contributed by atoms with E-state index in [0.717, 1.165) is 0 Å². The molecule has 6 heteroatoms. The second-order valence-electron chi connectivity index (χ2n) is 3.85. The van der Waals surface area contributed by atoms with Crippen LogP contribution >= 0.6 is 0 Å². The lowest BCUT2D eigenvalue weighted by molar-refractivity contribution is -0.144. The molecule has 0 aromatic heterocycles. The Morgan fingerprint density at radius 2 is 2.20 bits per heavy atom. The van der Waals surface area contributed by atoms with Crippen LogP contribution in [0.1, 0.15) is 13.3 Å². The fraction of sp³-hybridized carbons (Fsp3) is 0.778. The molecular formula is C9H16N2O4. The van der Waals surface area contributed by atoms with Gasteiger partial charge in [-0.3, -0.25) is 9.59 Å². The number of carboxylic acid groups (broad SMARTS) is 1. The molecule has 0 radical (unpaired) electrons. The molecular weight excluding hydrogens is 200 g/mol. The van der Waals surface area contributed by atoms with Crippen molar-refractivity contribution in [1.82, 2.24) is 4.90 Å². The number of carbonyl (C=O) groups is 2. The molecule has 3 N–H and O–H groups in total. The molecule has 0 spiro atoms. The number of ether oxygens (including phenoxy) is 1. The molecule has 1 saturated heterocycles. The first kappa shape index (κ1) is 11.9. The molecule has 1 aliphatic rings. The van der Waals surface area contributed by atoms with Crippen molar-refractivity contribution in [2.45, 2.75) is 25.0 Å². The molecule has 86 valence electrons. The van der Waals surface area contributed by atoms with E-state index in [0.29, 0.717) is 6.54 Å². The van der Waals surface area contributed by atoms with Crippen LogP contribution in [0.2, 0.25) is 0 Å². The van der Waals surface area contributed by atoms with Gasteiger partial charge in [-0.2, -0.15) is 0 Å². The number of hydrogen-bond acceptors (Lipinski definition) is 4. The van der Waals surface area contributed by atoms with Gasteiger partial charge in [-0.25, -0.2) is 0 Å². The number of methoxy groups -OCH3 is 1. The third kappa shape index (κ3) is 2.27. The average Bonchev–Trinajstić information content (AvgIpc) is 2.60. The molecule has 0 bridgehead atoms. The van der Waals surface area contributed by atoms with E-state index in [1.807, 2.05) is 0 Å². The van der Waals surface area contributed by atoms with Gasteiger partial charge in [0.15, 0.2) is 0 Å². The second-order valence-corrected chi connectivity index (χ2v) is 3.85. The van der Waals surface area contributed by atoms with Crippen molar-refractivity contribution in [3.63, 3.8) is 0 Å². The molecule has 1 amide bonds. The van der Waals surface area contributed by atoms with Gasteiger partial charge in [0.05, 0.1) is 0 Å². The van der Waals surface area contributed by atoms with Gasteiger partial charge in [-0.05, 0) is 13.3 Å². The van der Waals surface area contributed by atoms with Crippen molar-refractivity contribution >= 4 is 11.9 Å². The Morgan fingerprint density at radius 1 is 1.60 bits per heavy atom. The van der Waals surface area contributed by atoms with Crippen LogP contribution in [0.3, 0.4) is 0 Å². The molecule has 1 aliphatic heterocycles. The summed E-state index contributed by atoms with van der Waals surface area (Å²) < 4.78 is 4.87. The number of rotatable bonds is 3. The maximum absolute atomic E-state index is 11.6. The Bertz CT molecular complexity index is 281. The minimum atomic E-state index is -1.30. The standard InChI is InChI=1S/C9H16N2O4/c1-6(15-2)7(12)11-4-3-9(10,5-11)8(13)14/h6H,3-5,10H2,1-2H3,(H,13,14). The lowest BCUT2D eigenvalue weighted by Gasteiger charge is -2.22. The van der Waals surface area contributed by atoms with Crippen molar-refractivity contribution in [1.29, 1.82) is 0 Å². The van der Waals surface area contributed by atoms with Crippen molar-refractivity contribution in [3.05, 3.63) is 0 Å². The first-order chi connectivity index (χ1) is 6.90. The van der Waals surface area contributed by atoms with Gasteiger partial charge in [0.2, 0.25) is 0 Å². The summed E-state index contributed by atoms with van der Waals surface area (Å²) in [5.41, 5.74) is 4.33. The molecule has 0 aliphatic carbocycles. The zero-order valence-electron chi connectivity index (χ0n) is 8.90. The first-order valence-corrected chi connectivity index (χ1v) is 4.74. The predicted octanol–water partition coefficient (Wildman–Crippen LogP) is -0.964. The van der Waals surface area contributed by atoms with Gasteiger partial charge in [-0.1, -0.05) is 0 Å². The summed E-state index contributed by atoms with van der Waals surface area (Å²) in [6, 6.07) is 0. The number of nitrogens with two attached hydrogens (primary N) is 1. The molecule has 0 saturated carbocycles. The van der Waals surface area contributed by atoms with Gasteiger partial charge in [0.1, 0.15) is 11.6 Å². The normalized spacial score (nSPS) is 27.8. The highest BCUT2D eigenvalue weighted by molar-refractivity contribution is 5.84. The Hall–Kier alpha value is -1.14. The summed E-state index contributed by atoms with van der Waals surface area (Å²) >= 11 is 0. The summed E-state index contributed by atoms with van der Waals surface area (Å²) in [5.74, 6) is -1.28. The number of amides is 1. The minimum Gasteiger partial charge on any atom is -0.480 e. The summed E-state index contributed by atoms with van der Waals surface area (Å²) in [7, 11) is 1.44. The van der Waals surface area contributed by atoms with Crippen LogP contribution in [0.4, 0.5) is 0 Å². The summed E-state index contributed by atoms with van der Waals surface area (Å²) in [6.07, 6.45) is -0.272. The van der Waals surface area contributed by atoms with Gasteiger partial charge in [0, 0.05) is 20.2 Å². The summed E-state index contributed by atoms with van der Waals surface area (Å²) in [5, 5.41) is 8.87. The minimum absolute atomic E-state index is 0.0505. The third-order valence-corrected chi connectivity index (χ3v) is 2.74. The highest BCUT2D eigenvalue weighted by atomic mass is 16.5. The Morgan fingerprint density at radius 3 is 2.60 bits per heavy atom. The topological polar surface area (TPSA) is 92.9 Å². The van der Waals surface area contributed by atoms with Crippen LogP contribution in [0.25, 0.3) is 0 Å². The van der Waals surface area contributed by atoms with Crippen molar-refractivity contribution in [2.24, 2.45) is 5.73 Å². The van der Waals surface area contributed by atoms with Gasteiger partial charge < -0.3 is 20.5 Å². The monoisotopic (exact) mass is 216 g/mol. The lowest BCUT2D eigenvalue weighted by Crippen LogP contribution is -2.51. The van der Waals surface area contributed by atoms with E-state index in [1.165, 1.54) is 12.0 Å². The molecule has 1 heterocycles. The summed E-state index contributed by atoms with van der Waals surface area (Å²) in [6.45, 7) is 2.05. The average molecular weight is 216 g/mol. The van der Waals surface area contributed by atoms with Gasteiger partial charge in [0.25, 0.3) is 5.91 Å². The fourth-order valence-corrected chi connectivity index (χ4v) is 1.55. The highest BCUT2D eigenvalue weighted by Crippen LogP contribution is 2.19. The number of carboxylic acids is 1. The number of likely N-dealkylation sites (tertiary alicyclic amines) is 1. The molecule has 15 heavy (non-hydrogen) atoms. The van der Waals surface area contributed by atoms with Crippen molar-refractivity contribution < 1.29 is 19.4 Å². The predicted molar refractivity (Wildman–Crippen MR) is 52.2 cm³/mol. The number of hydrogen-bond donors (Lipinski definition) is 2. The van der Waals surface area contributed by atoms with Gasteiger partial charge >= 0.3 is 5.97 Å². The third-order valence-electron chi connectivity index (χ3n) is 2.74. The SMILES string of the molecule is COC(C)C(=O)N1CCC(N)(C(=O)O)C1. The second kappa shape index (κ2) is 4.16. The molecule has 0 aromatic rings. The van der Waals surface area contributed by atoms with Crippen molar-refractivity contribution in [2.75, 3.05) is 20.2 Å². The van der Waals surface area contributed by atoms with Gasteiger partial charge in [-0.15, -0.1) is 0 Å². The molecule has 0 aromatic carbocycles. The van der Waals surface area contributed by atoms with Crippen LogP contribution in [0.15, 0.2) is 0 Å². The zero-order chi connectivity index (χ0) is 11.6. The number of nitrogens with zero attached hydrogens (tertiary/aromatic N) is 1. The molecule has 1 rings (SSSR count). The molecule has 6 nitrogen and oxygen atoms in total. The van der Waals surface area contributed by atoms with E-state index in [4.69, 9.17) is 15.6 Å². The largest absolute Gasteiger partial charge is 0.480 e. The molecule has 2 atom stereocenters. The lowest BCUT2D eigenvalue weighted by atomic mass is 10.0. The van der Waals surface area contributed by atoms with E-state index in [1.54, 1.807) is 6.92 Å². The smallest absolute Gasteiger partial charge is 0.325 e. The number of carbonyl (C=O) groups excluding carboxylic acids is 1. The van der Waals surface area contributed by atoms with Crippen LogP contribution in [-0.2, 0) is 14.3 Å². The Kier molecular flexibility index (Phi) is 3.31. The van der Waals surface area contributed by atoms with Crippen molar-refractivity contribution in [3.8, 4) is 0 Å². The van der Waals surface area contributed by atoms with Crippen LogP contribution in [0, 0.1) is 0 Å². The number of aliphatic carboxylic acids is 1. The van der Waals surface area contributed by atoms with Crippen LogP contribution in [-0.4, -0.2) is 53.7 Å². The summed E-state index contributed by atoms with van der Waals surface area (Å²) in [4.78, 5) is 23.9. The van der Waals surface area contributed by atoms with E-state index in [2.05, 4.69) is 0 Å². The molecule has 2 unspecified atom stereocenters. The van der Waals surface area contributed by atoms with Crippen LogP contribution < -0.4 is 5.73 Å². The first-order valence-electron chi connectivity index (χ1n) is 4.74. The van der Waals surface area contributed by atoms with Crippen LogP contribution in [0.5, 0.6) is 0 Å². The zero-order valence-corrected chi connectivity index (χ0v) is 8.90. The van der Waals surface area contributed by atoms with E-state index in [9.17, 15) is 9.59 Å². The van der Waals surface area contributed by atoms with E-state index >= 15 is 0 Å². The van der Waals surface area contributed by atoms with E-state index in [-0.39, 0.29) is 18.9 Å². The highest BCUT2D eigenvalue weighted by Gasteiger charge is 2.43.